The zero-order chi connectivity index (χ0) is 14.0. The fraction of sp³-hybridized carbons (Fsp3) is 0.417. The first-order chi connectivity index (χ1) is 8.93. The van der Waals surface area contributed by atoms with E-state index in [-0.39, 0.29) is 11.4 Å². The van der Waals surface area contributed by atoms with Crippen molar-refractivity contribution in [1.29, 1.82) is 0 Å². The molecule has 0 aliphatic carbocycles. The molecule has 1 atom stereocenters. The molecule has 2 rings (SSSR count). The van der Waals surface area contributed by atoms with Gasteiger partial charge in [-0.2, -0.15) is 0 Å². The molecule has 0 spiro atoms. The van der Waals surface area contributed by atoms with Gasteiger partial charge in [-0.3, -0.25) is 0 Å². The third kappa shape index (κ3) is 2.78. The first-order valence-electron chi connectivity index (χ1n) is 5.99. The number of hydrogen-bond acceptors (Lipinski definition) is 4. The Morgan fingerprint density at radius 1 is 1.53 bits per heavy atom. The molecule has 0 fully saturated rings. The number of pyridine rings is 1. The summed E-state index contributed by atoms with van der Waals surface area (Å²) in [5.74, 6) is 0. The molecule has 2 aromatic rings. The van der Waals surface area contributed by atoms with Gasteiger partial charge < -0.3 is 10.1 Å². The van der Waals surface area contributed by atoms with Crippen LogP contribution in [0.1, 0.15) is 13.3 Å². The summed E-state index contributed by atoms with van der Waals surface area (Å²) >= 11 is 0. The largest absolute Gasteiger partial charge is 0.393 e. The lowest BCUT2D eigenvalue weighted by Gasteiger charge is -2.17. The average Bonchev–Trinajstić information content (AvgIpc) is 2.80. The molecular formula is C12H17N3O3S. The molecule has 0 aromatic carbocycles. The van der Waals surface area contributed by atoms with Gasteiger partial charge in [0.15, 0.2) is 0 Å². The molecule has 2 N–H and O–H groups in total. The van der Waals surface area contributed by atoms with Crippen molar-refractivity contribution in [3.63, 3.8) is 0 Å². The Bertz CT molecular complexity index is 664. The number of hydrogen-bond donors (Lipinski definition) is 2. The van der Waals surface area contributed by atoms with Gasteiger partial charge in [-0.15, -0.1) is 0 Å². The lowest BCUT2D eigenvalue weighted by atomic mass is 10.3. The number of aliphatic hydroxyl groups excluding tert-OH is 1. The lowest BCUT2D eigenvalue weighted by Crippen LogP contribution is -2.29. The Balaban J connectivity index is 2.34. The van der Waals surface area contributed by atoms with Gasteiger partial charge in [0.25, 0.3) is 0 Å². The van der Waals surface area contributed by atoms with Crippen molar-refractivity contribution in [3.05, 3.63) is 24.5 Å². The standard InChI is InChI=1S/C12H17N3O3S/c1-9(16)5-7-15(2)19(17,18)11-8-14-12-10(11)4-3-6-13-12/h3-4,6,8-9,16H,5,7H2,1-2H3,(H,13,14). The van der Waals surface area contributed by atoms with E-state index in [0.717, 1.165) is 0 Å². The molecule has 0 saturated carbocycles. The van der Waals surface area contributed by atoms with Gasteiger partial charge in [0.05, 0.1) is 6.10 Å². The topological polar surface area (TPSA) is 86.3 Å². The summed E-state index contributed by atoms with van der Waals surface area (Å²) < 4.78 is 26.1. The van der Waals surface area contributed by atoms with E-state index in [9.17, 15) is 13.5 Å². The molecular weight excluding hydrogens is 266 g/mol. The molecule has 2 heterocycles. The second-order valence-electron chi connectivity index (χ2n) is 4.52. The van der Waals surface area contributed by atoms with E-state index in [0.29, 0.717) is 17.5 Å². The SMILES string of the molecule is CC(O)CCN(C)S(=O)(=O)c1c[nH]c2ncccc12. The van der Waals surface area contributed by atoms with Crippen LogP contribution < -0.4 is 0 Å². The van der Waals surface area contributed by atoms with Crippen molar-refractivity contribution in [2.24, 2.45) is 0 Å². The highest BCUT2D eigenvalue weighted by Gasteiger charge is 2.24. The van der Waals surface area contributed by atoms with E-state index >= 15 is 0 Å². The van der Waals surface area contributed by atoms with Gasteiger partial charge in [-0.1, -0.05) is 0 Å². The first-order valence-corrected chi connectivity index (χ1v) is 7.43. The summed E-state index contributed by atoms with van der Waals surface area (Å²) in [4.78, 5) is 7.13. The van der Waals surface area contributed by atoms with Crippen LogP contribution in [0.3, 0.4) is 0 Å². The van der Waals surface area contributed by atoms with Crippen molar-refractivity contribution in [2.45, 2.75) is 24.3 Å². The van der Waals surface area contributed by atoms with Crippen molar-refractivity contribution in [3.8, 4) is 0 Å². The minimum atomic E-state index is -3.57. The average molecular weight is 283 g/mol. The number of rotatable bonds is 5. The van der Waals surface area contributed by atoms with Crippen LogP contribution in [0.25, 0.3) is 11.0 Å². The van der Waals surface area contributed by atoms with Crippen LogP contribution in [0.5, 0.6) is 0 Å². The summed E-state index contributed by atoms with van der Waals surface area (Å²) in [5, 5.41) is 9.81. The monoisotopic (exact) mass is 283 g/mol. The maximum atomic E-state index is 12.4. The number of sulfonamides is 1. The number of aromatic nitrogens is 2. The fourth-order valence-electron chi connectivity index (χ4n) is 1.80. The first kappa shape index (κ1) is 14.0. The molecule has 6 nitrogen and oxygen atoms in total. The highest BCUT2D eigenvalue weighted by Crippen LogP contribution is 2.23. The van der Waals surface area contributed by atoms with E-state index in [1.807, 2.05) is 0 Å². The van der Waals surface area contributed by atoms with Gasteiger partial charge in [0.2, 0.25) is 10.0 Å². The van der Waals surface area contributed by atoms with Crippen LogP contribution in [-0.4, -0.2) is 47.5 Å². The minimum Gasteiger partial charge on any atom is -0.393 e. The molecule has 0 aliphatic heterocycles. The van der Waals surface area contributed by atoms with Gasteiger partial charge in [-0.25, -0.2) is 17.7 Å². The third-order valence-corrected chi connectivity index (χ3v) is 4.86. The normalized spacial score (nSPS) is 14.1. The molecule has 2 aromatic heterocycles. The summed E-state index contributed by atoms with van der Waals surface area (Å²) in [6.45, 7) is 1.91. The van der Waals surface area contributed by atoms with E-state index in [1.54, 1.807) is 25.3 Å². The maximum Gasteiger partial charge on any atom is 0.245 e. The van der Waals surface area contributed by atoms with Gasteiger partial charge >= 0.3 is 0 Å². The van der Waals surface area contributed by atoms with Crippen molar-refractivity contribution >= 4 is 21.1 Å². The van der Waals surface area contributed by atoms with Gasteiger partial charge in [-0.05, 0) is 25.5 Å². The summed E-state index contributed by atoms with van der Waals surface area (Å²) in [5.41, 5.74) is 0.546. The van der Waals surface area contributed by atoms with E-state index < -0.39 is 16.1 Å². The van der Waals surface area contributed by atoms with Gasteiger partial charge in [0, 0.05) is 31.4 Å². The Labute approximate surface area is 112 Å². The van der Waals surface area contributed by atoms with Crippen LogP contribution in [-0.2, 0) is 10.0 Å². The Hall–Kier alpha value is -1.44. The molecule has 0 saturated heterocycles. The third-order valence-electron chi connectivity index (χ3n) is 2.96. The highest BCUT2D eigenvalue weighted by atomic mass is 32.2. The Kier molecular flexibility index (Phi) is 3.88. The van der Waals surface area contributed by atoms with Crippen LogP contribution >= 0.6 is 0 Å². The molecule has 0 aliphatic rings. The zero-order valence-corrected chi connectivity index (χ0v) is 11.7. The molecule has 0 amide bonds. The van der Waals surface area contributed by atoms with Gasteiger partial charge in [0.1, 0.15) is 10.5 Å². The Morgan fingerprint density at radius 3 is 2.95 bits per heavy atom. The van der Waals surface area contributed by atoms with E-state index in [1.165, 1.54) is 17.5 Å². The maximum absolute atomic E-state index is 12.4. The number of aromatic amines is 1. The quantitative estimate of drug-likeness (QED) is 0.855. The predicted molar refractivity (Wildman–Crippen MR) is 72.2 cm³/mol. The van der Waals surface area contributed by atoms with E-state index in [2.05, 4.69) is 9.97 Å². The predicted octanol–water partition coefficient (Wildman–Crippen LogP) is 0.954. The number of H-pyrrole nitrogens is 1. The molecule has 1 unspecified atom stereocenters. The molecule has 7 heteroatoms. The molecule has 0 bridgehead atoms. The van der Waals surface area contributed by atoms with Crippen LogP contribution in [0.4, 0.5) is 0 Å². The second kappa shape index (κ2) is 5.28. The number of fused-ring (bicyclic) bond motifs is 1. The summed E-state index contributed by atoms with van der Waals surface area (Å²) in [6, 6.07) is 3.42. The van der Waals surface area contributed by atoms with E-state index in [4.69, 9.17) is 0 Å². The number of nitrogens with zero attached hydrogens (tertiary/aromatic N) is 2. The zero-order valence-electron chi connectivity index (χ0n) is 10.9. The lowest BCUT2D eigenvalue weighted by molar-refractivity contribution is 0.177. The number of nitrogens with one attached hydrogen (secondary N) is 1. The molecule has 104 valence electrons. The highest BCUT2D eigenvalue weighted by molar-refractivity contribution is 7.89. The summed E-state index contributed by atoms with van der Waals surface area (Å²) in [7, 11) is -2.06. The van der Waals surface area contributed by atoms with Crippen molar-refractivity contribution in [1.82, 2.24) is 14.3 Å². The number of aliphatic hydroxyl groups is 1. The van der Waals surface area contributed by atoms with Crippen LogP contribution in [0.2, 0.25) is 0 Å². The molecule has 19 heavy (non-hydrogen) atoms. The molecule has 0 radical (unpaired) electrons. The van der Waals surface area contributed by atoms with Crippen molar-refractivity contribution < 1.29 is 13.5 Å². The summed E-state index contributed by atoms with van der Waals surface area (Å²) in [6.07, 6.45) is 2.93. The smallest absolute Gasteiger partial charge is 0.245 e. The fourth-order valence-corrected chi connectivity index (χ4v) is 3.13. The second-order valence-corrected chi connectivity index (χ2v) is 6.53. The van der Waals surface area contributed by atoms with Crippen molar-refractivity contribution in [2.75, 3.05) is 13.6 Å². The minimum absolute atomic E-state index is 0.212. The van der Waals surface area contributed by atoms with Crippen LogP contribution in [0.15, 0.2) is 29.4 Å². The van der Waals surface area contributed by atoms with Crippen LogP contribution in [0, 0.1) is 0 Å². The Morgan fingerprint density at radius 2 is 2.26 bits per heavy atom.